The summed E-state index contributed by atoms with van der Waals surface area (Å²) in [6.45, 7) is 0.918. The van der Waals surface area contributed by atoms with E-state index in [1.807, 2.05) is 25.2 Å². The first-order valence-electron chi connectivity index (χ1n) is 5.61. The molecule has 17 heavy (non-hydrogen) atoms. The van der Waals surface area contributed by atoms with Gasteiger partial charge in [0.15, 0.2) is 5.89 Å². The first kappa shape index (κ1) is 12.3. The van der Waals surface area contributed by atoms with E-state index in [2.05, 4.69) is 32.3 Å². The van der Waals surface area contributed by atoms with E-state index >= 15 is 0 Å². The van der Waals surface area contributed by atoms with E-state index in [0.29, 0.717) is 0 Å². The molecular weight excluding hydrogens is 280 g/mol. The van der Waals surface area contributed by atoms with Crippen LogP contribution in [0.2, 0.25) is 0 Å². The minimum atomic E-state index is 0.723. The van der Waals surface area contributed by atoms with Crippen molar-refractivity contribution in [2.75, 3.05) is 13.6 Å². The molecule has 1 N–H and O–H groups in total. The number of hydrogen-bond donors (Lipinski definition) is 1. The van der Waals surface area contributed by atoms with Gasteiger partial charge in [0.1, 0.15) is 6.26 Å². The molecule has 2 aromatic rings. The van der Waals surface area contributed by atoms with E-state index in [1.165, 1.54) is 5.56 Å². The van der Waals surface area contributed by atoms with Gasteiger partial charge in [-0.25, -0.2) is 4.98 Å². The number of likely N-dealkylation sites (N-methyl/N-ethyl adjacent to an activating group) is 1. The average Bonchev–Trinajstić information content (AvgIpc) is 2.77. The predicted molar refractivity (Wildman–Crippen MR) is 71.1 cm³/mol. The highest BCUT2D eigenvalue weighted by atomic mass is 79.9. The Bertz CT molecular complexity index is 482. The zero-order chi connectivity index (χ0) is 12.1. The molecule has 0 bridgehead atoms. The molecule has 2 rings (SSSR count). The van der Waals surface area contributed by atoms with Gasteiger partial charge in [0, 0.05) is 17.4 Å². The zero-order valence-electron chi connectivity index (χ0n) is 9.74. The molecule has 90 valence electrons. The van der Waals surface area contributed by atoms with Crippen molar-refractivity contribution in [2.24, 2.45) is 0 Å². The molecule has 0 atom stereocenters. The third kappa shape index (κ3) is 3.41. The van der Waals surface area contributed by atoms with Gasteiger partial charge in [0.2, 0.25) is 0 Å². The number of halogens is 1. The van der Waals surface area contributed by atoms with E-state index in [-0.39, 0.29) is 0 Å². The van der Waals surface area contributed by atoms with Crippen LogP contribution in [0.5, 0.6) is 0 Å². The van der Waals surface area contributed by atoms with E-state index in [0.717, 1.165) is 35.4 Å². The van der Waals surface area contributed by atoms with Gasteiger partial charge in [-0.15, -0.1) is 0 Å². The van der Waals surface area contributed by atoms with Crippen molar-refractivity contribution in [3.8, 4) is 0 Å². The van der Waals surface area contributed by atoms with Gasteiger partial charge in [-0.05, 0) is 18.7 Å². The predicted octanol–water partition coefficient (Wildman–Crippen LogP) is 2.79. The van der Waals surface area contributed by atoms with Crippen LogP contribution in [0.25, 0.3) is 0 Å². The lowest BCUT2D eigenvalue weighted by Gasteiger charge is -2.00. The van der Waals surface area contributed by atoms with E-state index in [1.54, 1.807) is 6.26 Å². The van der Waals surface area contributed by atoms with Gasteiger partial charge in [0.25, 0.3) is 0 Å². The number of hydrogen-bond acceptors (Lipinski definition) is 3. The van der Waals surface area contributed by atoms with Crippen LogP contribution in [0.4, 0.5) is 0 Å². The van der Waals surface area contributed by atoms with Crippen molar-refractivity contribution < 1.29 is 4.42 Å². The number of benzene rings is 1. The maximum absolute atomic E-state index is 5.46. The van der Waals surface area contributed by atoms with Crippen molar-refractivity contribution in [1.29, 1.82) is 0 Å². The minimum Gasteiger partial charge on any atom is -0.448 e. The highest BCUT2D eigenvalue weighted by Gasteiger charge is 2.06. The molecule has 0 radical (unpaired) electrons. The Morgan fingerprint density at radius 2 is 2.18 bits per heavy atom. The molecule has 0 aliphatic carbocycles. The fraction of sp³-hybridized carbons (Fsp3) is 0.308. The average molecular weight is 295 g/mol. The second-order valence-electron chi connectivity index (χ2n) is 3.85. The SMILES string of the molecule is CNCCc1coc(Cc2ccccc2Br)n1. The second-order valence-corrected chi connectivity index (χ2v) is 4.71. The number of oxazole rings is 1. The molecule has 0 fully saturated rings. The molecule has 3 nitrogen and oxygen atoms in total. The standard InChI is InChI=1S/C13H15BrN2O/c1-15-7-6-11-9-17-13(16-11)8-10-4-2-3-5-12(10)14/h2-5,9,15H,6-8H2,1H3. The lowest BCUT2D eigenvalue weighted by molar-refractivity contribution is 0.506. The number of rotatable bonds is 5. The molecule has 0 saturated carbocycles. The molecular formula is C13H15BrN2O. The second kappa shape index (κ2) is 5.98. The fourth-order valence-corrected chi connectivity index (χ4v) is 2.03. The Kier molecular flexibility index (Phi) is 4.34. The lowest BCUT2D eigenvalue weighted by Crippen LogP contribution is -2.10. The summed E-state index contributed by atoms with van der Waals surface area (Å²) in [4.78, 5) is 4.46. The summed E-state index contributed by atoms with van der Waals surface area (Å²) < 4.78 is 6.55. The van der Waals surface area contributed by atoms with Crippen LogP contribution < -0.4 is 5.32 Å². The molecule has 1 heterocycles. The van der Waals surface area contributed by atoms with Gasteiger partial charge >= 0.3 is 0 Å². The highest BCUT2D eigenvalue weighted by molar-refractivity contribution is 9.10. The quantitative estimate of drug-likeness (QED) is 0.921. The maximum atomic E-state index is 5.46. The largest absolute Gasteiger partial charge is 0.448 e. The Labute approximate surface area is 109 Å². The van der Waals surface area contributed by atoms with Crippen molar-refractivity contribution in [3.05, 3.63) is 52.1 Å². The van der Waals surface area contributed by atoms with E-state index < -0.39 is 0 Å². The van der Waals surface area contributed by atoms with Crippen molar-refractivity contribution in [1.82, 2.24) is 10.3 Å². The van der Waals surface area contributed by atoms with Crippen molar-refractivity contribution in [2.45, 2.75) is 12.8 Å². The highest BCUT2D eigenvalue weighted by Crippen LogP contribution is 2.19. The fourth-order valence-electron chi connectivity index (χ4n) is 1.60. The molecule has 4 heteroatoms. The van der Waals surface area contributed by atoms with Crippen LogP contribution in [-0.4, -0.2) is 18.6 Å². The normalized spacial score (nSPS) is 10.7. The van der Waals surface area contributed by atoms with Crippen LogP contribution in [0.1, 0.15) is 17.1 Å². The van der Waals surface area contributed by atoms with Crippen LogP contribution >= 0.6 is 15.9 Å². The summed E-state index contributed by atoms with van der Waals surface area (Å²) in [6, 6.07) is 8.12. The molecule has 1 aromatic heterocycles. The van der Waals surface area contributed by atoms with Crippen LogP contribution in [0.3, 0.4) is 0 Å². The molecule has 0 saturated heterocycles. The Hall–Kier alpha value is -1.13. The maximum Gasteiger partial charge on any atom is 0.198 e. The minimum absolute atomic E-state index is 0.723. The van der Waals surface area contributed by atoms with Gasteiger partial charge in [0.05, 0.1) is 12.1 Å². The van der Waals surface area contributed by atoms with Crippen molar-refractivity contribution >= 4 is 15.9 Å². The summed E-state index contributed by atoms with van der Waals surface area (Å²) in [7, 11) is 1.93. The zero-order valence-corrected chi connectivity index (χ0v) is 11.3. The van der Waals surface area contributed by atoms with Gasteiger partial charge < -0.3 is 9.73 Å². The summed E-state index contributed by atoms with van der Waals surface area (Å²) in [5.41, 5.74) is 2.19. The van der Waals surface area contributed by atoms with Gasteiger partial charge in [-0.2, -0.15) is 0 Å². The molecule has 0 amide bonds. The third-order valence-corrected chi connectivity index (χ3v) is 3.30. The number of aromatic nitrogens is 1. The topological polar surface area (TPSA) is 38.1 Å². The first-order chi connectivity index (χ1) is 8.29. The molecule has 0 aliphatic heterocycles. The lowest BCUT2D eigenvalue weighted by atomic mass is 10.1. The summed E-state index contributed by atoms with van der Waals surface area (Å²) >= 11 is 3.52. The Morgan fingerprint density at radius 3 is 2.94 bits per heavy atom. The van der Waals surface area contributed by atoms with Gasteiger partial charge in [-0.3, -0.25) is 0 Å². The number of nitrogens with one attached hydrogen (secondary N) is 1. The first-order valence-corrected chi connectivity index (χ1v) is 6.40. The summed E-state index contributed by atoms with van der Waals surface area (Å²) in [5.74, 6) is 0.767. The molecule has 1 aromatic carbocycles. The van der Waals surface area contributed by atoms with Crippen LogP contribution in [-0.2, 0) is 12.8 Å². The Morgan fingerprint density at radius 1 is 1.35 bits per heavy atom. The molecule has 0 aliphatic rings. The monoisotopic (exact) mass is 294 g/mol. The van der Waals surface area contributed by atoms with E-state index in [4.69, 9.17) is 4.42 Å². The summed E-state index contributed by atoms with van der Waals surface area (Å²) in [6.07, 6.45) is 3.36. The van der Waals surface area contributed by atoms with Crippen molar-refractivity contribution in [3.63, 3.8) is 0 Å². The van der Waals surface area contributed by atoms with Gasteiger partial charge in [-0.1, -0.05) is 34.1 Å². The smallest absolute Gasteiger partial charge is 0.198 e. The molecule has 0 unspecified atom stereocenters. The number of nitrogens with zero attached hydrogens (tertiary/aromatic N) is 1. The van der Waals surface area contributed by atoms with Crippen LogP contribution in [0.15, 0.2) is 39.4 Å². The third-order valence-electron chi connectivity index (χ3n) is 2.53. The Balaban J connectivity index is 2.04. The van der Waals surface area contributed by atoms with Crippen LogP contribution in [0, 0.1) is 0 Å². The summed E-state index contributed by atoms with van der Waals surface area (Å²) in [5, 5.41) is 3.10. The molecule has 0 spiro atoms. The van der Waals surface area contributed by atoms with E-state index in [9.17, 15) is 0 Å².